The second-order valence-electron chi connectivity index (χ2n) is 19.1. The van der Waals surface area contributed by atoms with Crippen LogP contribution < -0.4 is 70.6 Å². The lowest BCUT2D eigenvalue weighted by Gasteiger charge is -2.33. The fourth-order valence-corrected chi connectivity index (χ4v) is 7.76. The molecule has 8 amide bonds. The highest BCUT2D eigenvalue weighted by Crippen LogP contribution is 2.17. The van der Waals surface area contributed by atoms with E-state index < -0.39 is 102 Å². The summed E-state index contributed by atoms with van der Waals surface area (Å²) in [5, 5.41) is 29.7. The number of ether oxygens (including phenoxy) is 1. The molecule has 17 N–H and O–H groups in total. The Morgan fingerprint density at radius 1 is 0.623 bits per heavy atom. The topological polar surface area (TPSA) is 431 Å². The third kappa shape index (κ3) is 24.9. The number of hydrogen-bond donors (Lipinski definition) is 12. The largest absolute Gasteiger partial charge is 0.497 e. The molecule has 426 valence electrons. The number of nitrogens with two attached hydrogens (primary N) is 5. The number of nitrogens with zero attached hydrogens (tertiary/aromatic N) is 4. The fourth-order valence-electron chi connectivity index (χ4n) is 7.76. The smallest absolute Gasteiger partial charge is 0.269 e. The highest BCUT2D eigenvalue weighted by Gasteiger charge is 2.36. The lowest BCUT2D eigenvalue weighted by Crippen LogP contribution is -2.60. The number of nitro benzene ring substituents is 1. The highest BCUT2D eigenvalue weighted by atomic mass is 16.6. The zero-order valence-electron chi connectivity index (χ0n) is 45.1. The summed E-state index contributed by atoms with van der Waals surface area (Å²) in [6.07, 6.45) is 0.652. The molecule has 0 radical (unpaired) electrons. The summed E-state index contributed by atoms with van der Waals surface area (Å²) < 4.78 is 5.14. The van der Waals surface area contributed by atoms with E-state index in [-0.39, 0.29) is 87.5 Å². The van der Waals surface area contributed by atoms with Gasteiger partial charge in [-0.15, -0.1) is 0 Å². The summed E-state index contributed by atoms with van der Waals surface area (Å²) in [4.78, 5) is 129. The molecule has 27 heteroatoms. The van der Waals surface area contributed by atoms with E-state index in [1.165, 1.54) is 38.4 Å². The minimum atomic E-state index is -1.43. The van der Waals surface area contributed by atoms with Gasteiger partial charge in [0.25, 0.3) is 5.69 Å². The number of hydrogen-bond acceptors (Lipinski definition) is 14. The van der Waals surface area contributed by atoms with Crippen LogP contribution in [0.25, 0.3) is 0 Å². The second kappa shape index (κ2) is 33.7. The van der Waals surface area contributed by atoms with Gasteiger partial charge >= 0.3 is 0 Å². The molecule has 2 aromatic carbocycles. The highest BCUT2D eigenvalue weighted by molar-refractivity contribution is 5.97. The zero-order chi connectivity index (χ0) is 57.8. The van der Waals surface area contributed by atoms with Crippen molar-refractivity contribution in [1.29, 1.82) is 0 Å². The maximum Gasteiger partial charge on any atom is 0.269 e. The van der Waals surface area contributed by atoms with Gasteiger partial charge in [-0.2, -0.15) is 0 Å². The number of carbonyl (C=O) groups excluding carboxylic acids is 8. The Balaban J connectivity index is 2.41. The predicted octanol–water partition coefficient (Wildman–Crippen LogP) is -1.95. The van der Waals surface area contributed by atoms with Gasteiger partial charge in [-0.1, -0.05) is 52.0 Å². The van der Waals surface area contributed by atoms with E-state index in [0.717, 1.165) is 10.5 Å². The molecule has 0 aliphatic carbocycles. The van der Waals surface area contributed by atoms with E-state index in [1.807, 2.05) is 13.8 Å². The Morgan fingerprint density at radius 3 is 1.65 bits per heavy atom. The number of aliphatic imine (C=N–C) groups is 2. The summed E-state index contributed by atoms with van der Waals surface area (Å²) in [7, 11) is 2.90. The molecule has 0 aliphatic rings. The third-order valence-electron chi connectivity index (χ3n) is 11.7. The molecule has 0 aromatic heterocycles. The summed E-state index contributed by atoms with van der Waals surface area (Å²) in [6.45, 7) is 8.38. The number of non-ortho nitro benzene ring substituents is 1. The van der Waals surface area contributed by atoms with Crippen molar-refractivity contribution in [1.82, 2.24) is 42.1 Å². The van der Waals surface area contributed by atoms with Crippen LogP contribution in [0.1, 0.15) is 84.3 Å². The summed E-state index contributed by atoms with van der Waals surface area (Å²) >= 11 is 0. The second-order valence-corrected chi connectivity index (χ2v) is 19.1. The van der Waals surface area contributed by atoms with Gasteiger partial charge in [0.2, 0.25) is 47.3 Å². The molecular formula is C50H80N16O11. The SMILES string of the molecule is CCNC(=O)[C@@H](CC(C)C)NC(=O)[C@H](CCCN=C(N)N)N(C)C(=O)[C@H](CCCN=C(N)N)NC(=O)[C@H](CC(C)C)NC(=O)[C@H](Cc1ccc([N+](=O)[O-])cc1)NC(=O)CNC(=O)CNC(=O)[C@@H](N)Cc1ccc(OC)cc1. The number of carbonyl (C=O) groups is 8. The van der Waals surface area contributed by atoms with Crippen LogP contribution in [-0.2, 0) is 51.2 Å². The molecule has 77 heavy (non-hydrogen) atoms. The van der Waals surface area contributed by atoms with Gasteiger partial charge in [-0.05, 0) is 87.0 Å². The van der Waals surface area contributed by atoms with Crippen molar-refractivity contribution >= 4 is 64.9 Å². The van der Waals surface area contributed by atoms with E-state index in [1.54, 1.807) is 45.0 Å². The molecule has 6 atom stereocenters. The first kappa shape index (κ1) is 65.0. The number of nitrogens with one attached hydrogen (secondary N) is 7. The van der Waals surface area contributed by atoms with Crippen LogP contribution in [0.3, 0.4) is 0 Å². The van der Waals surface area contributed by atoms with Crippen LogP contribution in [0, 0.1) is 22.0 Å². The van der Waals surface area contributed by atoms with Gasteiger partial charge in [-0.25, -0.2) is 0 Å². The van der Waals surface area contributed by atoms with Crippen molar-refractivity contribution in [2.24, 2.45) is 50.5 Å². The molecule has 2 rings (SSSR count). The van der Waals surface area contributed by atoms with Crippen molar-refractivity contribution in [3.8, 4) is 5.75 Å². The first-order valence-electron chi connectivity index (χ1n) is 25.4. The first-order valence-corrected chi connectivity index (χ1v) is 25.4. The first-order chi connectivity index (χ1) is 36.3. The van der Waals surface area contributed by atoms with Gasteiger partial charge in [-0.3, -0.25) is 58.5 Å². The summed E-state index contributed by atoms with van der Waals surface area (Å²) in [5.41, 5.74) is 29.1. The van der Waals surface area contributed by atoms with Crippen LogP contribution in [0.5, 0.6) is 5.75 Å². The van der Waals surface area contributed by atoms with Gasteiger partial charge in [0.05, 0.1) is 31.2 Å². The Bertz CT molecular complexity index is 2340. The van der Waals surface area contributed by atoms with Crippen LogP contribution in [0.2, 0.25) is 0 Å². The molecule has 0 unspecified atom stereocenters. The minimum Gasteiger partial charge on any atom is -0.497 e. The van der Waals surface area contributed by atoms with Crippen molar-refractivity contribution in [3.05, 3.63) is 69.8 Å². The van der Waals surface area contributed by atoms with Gasteiger partial charge in [0, 0.05) is 45.2 Å². The number of likely N-dealkylation sites (N-methyl/N-ethyl adjacent to an activating group) is 2. The number of methoxy groups -OCH3 is 1. The third-order valence-corrected chi connectivity index (χ3v) is 11.7. The number of benzene rings is 2. The van der Waals surface area contributed by atoms with Crippen LogP contribution in [0.15, 0.2) is 58.5 Å². The quantitative estimate of drug-likeness (QED) is 0.0119. The molecule has 2 aromatic rings. The fraction of sp³-hybridized carbons (Fsp3) is 0.560. The Labute approximate surface area is 449 Å². The van der Waals surface area contributed by atoms with Crippen molar-refractivity contribution in [2.75, 3.05) is 46.9 Å². The molecule has 0 saturated carbocycles. The Kier molecular flexibility index (Phi) is 28.5. The molecule has 0 heterocycles. The lowest BCUT2D eigenvalue weighted by molar-refractivity contribution is -0.384. The monoisotopic (exact) mass is 1080 g/mol. The summed E-state index contributed by atoms with van der Waals surface area (Å²) in [5.74, 6) is -5.65. The minimum absolute atomic E-state index is 0.00331. The molecule has 0 fully saturated rings. The van der Waals surface area contributed by atoms with E-state index in [4.69, 9.17) is 33.4 Å². The van der Waals surface area contributed by atoms with Crippen molar-refractivity contribution in [2.45, 2.75) is 122 Å². The maximum atomic E-state index is 14.6. The normalized spacial score (nSPS) is 13.2. The van der Waals surface area contributed by atoms with E-state index >= 15 is 0 Å². The number of guanidine groups is 2. The van der Waals surface area contributed by atoms with Gasteiger partial charge in [0.1, 0.15) is 36.0 Å². The number of amides is 8. The predicted molar refractivity (Wildman–Crippen MR) is 289 cm³/mol. The summed E-state index contributed by atoms with van der Waals surface area (Å²) in [6, 6.07) is 4.92. The number of rotatable bonds is 34. The van der Waals surface area contributed by atoms with E-state index in [2.05, 4.69) is 47.2 Å². The number of nitro groups is 1. The Morgan fingerprint density at radius 2 is 1.12 bits per heavy atom. The van der Waals surface area contributed by atoms with Crippen LogP contribution >= 0.6 is 0 Å². The van der Waals surface area contributed by atoms with Crippen LogP contribution in [0.4, 0.5) is 5.69 Å². The molecule has 27 nitrogen and oxygen atoms in total. The average molecular weight is 1080 g/mol. The molecule has 0 saturated heterocycles. The van der Waals surface area contributed by atoms with E-state index in [0.29, 0.717) is 24.3 Å². The molecule has 0 bridgehead atoms. The molecule has 0 spiro atoms. The zero-order valence-corrected chi connectivity index (χ0v) is 45.1. The van der Waals surface area contributed by atoms with E-state index in [9.17, 15) is 48.5 Å². The van der Waals surface area contributed by atoms with Gasteiger partial charge in [0.15, 0.2) is 11.9 Å². The average Bonchev–Trinajstić information content (AvgIpc) is 3.36. The van der Waals surface area contributed by atoms with Crippen molar-refractivity contribution in [3.63, 3.8) is 0 Å². The van der Waals surface area contributed by atoms with Gasteiger partial charge < -0.3 is 75.5 Å². The lowest BCUT2D eigenvalue weighted by atomic mass is 9.99. The molecule has 0 aliphatic heterocycles. The van der Waals surface area contributed by atoms with Crippen LogP contribution in [-0.4, -0.2) is 152 Å². The standard InChI is InChI=1S/C50H80N16O11/c1-8-56-44(70)37(23-29(2)3)64-47(73)40(12-10-22-58-50(54)55)65(6)48(74)36(11-9-21-57-49(52)53)62-45(71)38(24-30(4)5)63-46(72)39(26-32-13-17-33(18-14-32)66(75)76)61-42(68)28-59-41(67)27-60-43(69)35(51)25-31-15-19-34(77-7)20-16-31/h13-20,29-30,35-40H,8-12,21-28,51H2,1-7H3,(H,56,70)(H,59,67)(H,60,69)(H,61,68)(H,62,71)(H,63,72)(H,64,73)(H4,52,53,57)(H4,54,55,58)/t35-,36-,37+,38-,39-,40-/m0/s1. The Hall–Kier alpha value is -8.10. The van der Waals surface area contributed by atoms with Crippen molar-refractivity contribution < 1.29 is 48.0 Å². The molecular weight excluding hydrogens is 1000 g/mol. The maximum absolute atomic E-state index is 14.6.